The van der Waals surface area contributed by atoms with Crippen LogP contribution in [0.15, 0.2) is 52.7 Å². The van der Waals surface area contributed by atoms with Gasteiger partial charge in [0.25, 0.3) is 0 Å². The number of carboxylic acids is 1. The summed E-state index contributed by atoms with van der Waals surface area (Å²) in [5, 5.41) is 16.1. The van der Waals surface area contributed by atoms with E-state index in [2.05, 4.69) is 10.2 Å². The Bertz CT molecular complexity index is 1130. The van der Waals surface area contributed by atoms with Crippen molar-refractivity contribution in [2.75, 3.05) is 11.7 Å². The predicted octanol–water partition coefficient (Wildman–Crippen LogP) is 1.83. The number of hydrogen-bond acceptors (Lipinski definition) is 8. The third-order valence-electron chi connectivity index (χ3n) is 4.48. The molecule has 10 nitrogen and oxygen atoms in total. The Kier molecular flexibility index (Phi) is 5.58. The summed E-state index contributed by atoms with van der Waals surface area (Å²) in [4.78, 5) is 37.2. The first-order valence-corrected chi connectivity index (χ1v) is 9.93. The van der Waals surface area contributed by atoms with E-state index in [1.807, 2.05) is 0 Å². The molecule has 1 atom stereocenters. The molecule has 2 aromatic rings. The van der Waals surface area contributed by atoms with Crippen LogP contribution in [0.4, 0.5) is 5.69 Å². The van der Waals surface area contributed by atoms with E-state index in [1.165, 1.54) is 30.5 Å². The van der Waals surface area contributed by atoms with E-state index in [9.17, 15) is 14.4 Å². The molecular weight excluding hydrogens is 424 g/mol. The molecule has 0 spiro atoms. The van der Waals surface area contributed by atoms with E-state index in [0.29, 0.717) is 11.5 Å². The first kappa shape index (κ1) is 20.4. The van der Waals surface area contributed by atoms with Crippen LogP contribution in [0.25, 0.3) is 0 Å². The van der Waals surface area contributed by atoms with E-state index < -0.39 is 23.0 Å². The number of carbonyl (C=O) groups is 3. The van der Waals surface area contributed by atoms with Gasteiger partial charge in [0.2, 0.25) is 18.6 Å². The van der Waals surface area contributed by atoms with Gasteiger partial charge in [-0.2, -0.15) is 5.10 Å². The van der Waals surface area contributed by atoms with Crippen LogP contribution in [0.5, 0.6) is 11.5 Å². The number of fused-ring (bicyclic) bond motifs is 1. The van der Waals surface area contributed by atoms with Gasteiger partial charge >= 0.3 is 5.97 Å². The number of carboxylic acid groups (broad SMARTS) is 1. The summed E-state index contributed by atoms with van der Waals surface area (Å²) in [5.41, 5.74) is 6.77. The molecule has 3 N–H and O–H groups in total. The summed E-state index contributed by atoms with van der Waals surface area (Å²) >= 11 is 0.924. The smallest absolute Gasteiger partial charge is 0.335 e. The molecule has 2 aromatic carbocycles. The van der Waals surface area contributed by atoms with E-state index in [1.54, 1.807) is 18.2 Å². The lowest BCUT2D eigenvalue weighted by Gasteiger charge is -2.15. The van der Waals surface area contributed by atoms with Crippen molar-refractivity contribution in [3.8, 4) is 11.5 Å². The number of aromatic carboxylic acids is 1. The number of amidine groups is 1. The summed E-state index contributed by atoms with van der Waals surface area (Å²) < 4.78 is 10.5. The highest BCUT2D eigenvalue weighted by Gasteiger charge is 2.40. The van der Waals surface area contributed by atoms with Crippen LogP contribution in [-0.4, -0.2) is 46.3 Å². The molecule has 0 radical (unpaired) electrons. The molecule has 158 valence electrons. The third-order valence-corrected chi connectivity index (χ3v) is 5.46. The normalized spacial score (nSPS) is 18.3. The summed E-state index contributed by atoms with van der Waals surface area (Å²) in [7, 11) is 0. The van der Waals surface area contributed by atoms with Gasteiger partial charge in [0.15, 0.2) is 16.7 Å². The molecule has 31 heavy (non-hydrogen) atoms. The first-order chi connectivity index (χ1) is 14.9. The lowest BCUT2D eigenvalue weighted by molar-refractivity contribution is -0.121. The average molecular weight is 440 g/mol. The number of carbonyl (C=O) groups excluding carboxylic acids is 2. The number of nitrogens with zero attached hydrogens (tertiary/aromatic N) is 3. The second-order valence-corrected chi connectivity index (χ2v) is 7.75. The summed E-state index contributed by atoms with van der Waals surface area (Å²) in [6.07, 6.45) is 1.39. The minimum atomic E-state index is -1.15. The zero-order valence-corrected chi connectivity index (χ0v) is 16.7. The van der Waals surface area contributed by atoms with Crippen molar-refractivity contribution in [2.24, 2.45) is 15.9 Å². The SMILES string of the molecule is NC(=N/N=C\c1ccc2c(c1)OCO2)S[C@H]1CC(=O)N(c2cccc(C(=O)O)c2)C1=O. The monoisotopic (exact) mass is 440 g/mol. The first-order valence-electron chi connectivity index (χ1n) is 9.05. The lowest BCUT2D eigenvalue weighted by Crippen LogP contribution is -2.32. The lowest BCUT2D eigenvalue weighted by atomic mass is 10.2. The van der Waals surface area contributed by atoms with Gasteiger partial charge in [-0.15, -0.1) is 5.10 Å². The molecule has 4 rings (SSSR count). The Morgan fingerprint density at radius 1 is 1.19 bits per heavy atom. The molecule has 2 heterocycles. The second-order valence-electron chi connectivity index (χ2n) is 6.53. The van der Waals surface area contributed by atoms with Gasteiger partial charge < -0.3 is 20.3 Å². The molecule has 2 aliphatic rings. The number of thioether (sulfide) groups is 1. The zero-order chi connectivity index (χ0) is 22.0. The molecule has 11 heteroatoms. The molecule has 0 aliphatic carbocycles. The van der Waals surface area contributed by atoms with Gasteiger partial charge in [-0.05, 0) is 42.0 Å². The number of hydrogen-bond donors (Lipinski definition) is 2. The highest BCUT2D eigenvalue weighted by Crippen LogP contribution is 2.32. The molecule has 0 aromatic heterocycles. The van der Waals surface area contributed by atoms with Crippen molar-refractivity contribution >= 4 is 46.6 Å². The van der Waals surface area contributed by atoms with Crippen LogP contribution in [0.3, 0.4) is 0 Å². The molecule has 2 amide bonds. The maximum absolute atomic E-state index is 12.7. The van der Waals surface area contributed by atoms with Gasteiger partial charge in [-0.3, -0.25) is 9.59 Å². The molecule has 2 aliphatic heterocycles. The number of anilines is 1. The fourth-order valence-electron chi connectivity index (χ4n) is 3.06. The Hall–Kier alpha value is -3.86. The average Bonchev–Trinajstić information content (AvgIpc) is 3.31. The van der Waals surface area contributed by atoms with Gasteiger partial charge in [-0.25, -0.2) is 9.69 Å². The van der Waals surface area contributed by atoms with E-state index in [-0.39, 0.29) is 29.6 Å². The van der Waals surface area contributed by atoms with E-state index in [4.69, 9.17) is 20.3 Å². The highest BCUT2D eigenvalue weighted by molar-refractivity contribution is 8.14. The summed E-state index contributed by atoms with van der Waals surface area (Å²) in [6, 6.07) is 10.9. The largest absolute Gasteiger partial charge is 0.478 e. The highest BCUT2D eigenvalue weighted by atomic mass is 32.2. The number of rotatable bonds is 5. The number of imide groups is 1. The van der Waals surface area contributed by atoms with Crippen LogP contribution in [0, 0.1) is 0 Å². The van der Waals surface area contributed by atoms with Gasteiger partial charge in [-0.1, -0.05) is 17.8 Å². The number of nitrogens with two attached hydrogens (primary N) is 1. The fraction of sp³-hybridized carbons (Fsp3) is 0.150. The Balaban J connectivity index is 1.42. The molecule has 0 bridgehead atoms. The van der Waals surface area contributed by atoms with Crippen molar-refractivity contribution in [1.29, 1.82) is 0 Å². The minimum absolute atomic E-state index is 0.0179. The Morgan fingerprint density at radius 2 is 2.00 bits per heavy atom. The fourth-order valence-corrected chi connectivity index (χ4v) is 3.88. The van der Waals surface area contributed by atoms with Crippen LogP contribution >= 0.6 is 11.8 Å². The van der Waals surface area contributed by atoms with Crippen LogP contribution in [-0.2, 0) is 9.59 Å². The third kappa shape index (κ3) is 4.36. The number of amides is 2. The quantitative estimate of drug-likeness (QED) is 0.310. The van der Waals surface area contributed by atoms with Gasteiger partial charge in [0.1, 0.15) is 5.25 Å². The number of benzene rings is 2. The number of ether oxygens (including phenoxy) is 2. The van der Waals surface area contributed by atoms with Crippen molar-refractivity contribution in [3.63, 3.8) is 0 Å². The standard InChI is InChI=1S/C20H16N4O6S/c21-20(23-22-9-11-4-5-14-15(6-11)30-10-29-14)31-16-8-17(25)24(18(16)26)13-3-1-2-12(7-13)19(27)28/h1-7,9,16H,8,10H2,(H2,21,23)(H,27,28)/b22-9-/t16-/m0/s1. The maximum Gasteiger partial charge on any atom is 0.335 e. The van der Waals surface area contributed by atoms with E-state index in [0.717, 1.165) is 22.2 Å². The van der Waals surface area contributed by atoms with Crippen LogP contribution in [0.2, 0.25) is 0 Å². The van der Waals surface area contributed by atoms with Crippen molar-refractivity contribution in [3.05, 3.63) is 53.6 Å². The van der Waals surface area contributed by atoms with Gasteiger partial charge in [0, 0.05) is 6.42 Å². The van der Waals surface area contributed by atoms with Crippen molar-refractivity contribution in [2.45, 2.75) is 11.7 Å². The predicted molar refractivity (Wildman–Crippen MR) is 114 cm³/mol. The molecule has 1 fully saturated rings. The topological polar surface area (TPSA) is 144 Å². The summed E-state index contributed by atoms with van der Waals surface area (Å²) in [5.74, 6) is -0.823. The van der Waals surface area contributed by atoms with Crippen LogP contribution < -0.4 is 20.1 Å². The zero-order valence-electron chi connectivity index (χ0n) is 15.9. The Morgan fingerprint density at radius 3 is 2.81 bits per heavy atom. The summed E-state index contributed by atoms with van der Waals surface area (Å²) in [6.45, 7) is 0.170. The maximum atomic E-state index is 12.7. The molecule has 0 saturated carbocycles. The molecule has 0 unspecified atom stereocenters. The second kappa shape index (κ2) is 8.48. The van der Waals surface area contributed by atoms with E-state index >= 15 is 0 Å². The van der Waals surface area contributed by atoms with Crippen molar-refractivity contribution < 1.29 is 29.0 Å². The Labute approximate surface area is 180 Å². The molecule has 1 saturated heterocycles. The molecular formula is C20H16N4O6S. The van der Waals surface area contributed by atoms with Gasteiger partial charge in [0.05, 0.1) is 17.5 Å². The van der Waals surface area contributed by atoms with Crippen LogP contribution in [0.1, 0.15) is 22.3 Å². The van der Waals surface area contributed by atoms with Crippen molar-refractivity contribution in [1.82, 2.24) is 0 Å². The minimum Gasteiger partial charge on any atom is -0.478 e.